The first-order valence-electron chi connectivity index (χ1n) is 6.07. The van der Waals surface area contributed by atoms with Crippen LogP contribution in [0.1, 0.15) is 45.4 Å². The van der Waals surface area contributed by atoms with Crippen LogP contribution in [-0.4, -0.2) is 22.5 Å². The number of hydrogen-bond acceptors (Lipinski definition) is 2. The van der Waals surface area contributed by atoms with Gasteiger partial charge in [-0.2, -0.15) is 0 Å². The van der Waals surface area contributed by atoms with E-state index < -0.39 is 11.5 Å². The average molecular weight is 225 g/mol. The number of rotatable bonds is 5. The Morgan fingerprint density at radius 2 is 1.94 bits per heavy atom. The largest absolute Gasteiger partial charge is 0.480 e. The van der Waals surface area contributed by atoms with Crippen molar-refractivity contribution in [1.29, 1.82) is 0 Å². The van der Waals surface area contributed by atoms with Crippen molar-refractivity contribution in [2.24, 2.45) is 11.8 Å². The van der Waals surface area contributed by atoms with Crippen LogP contribution >= 0.6 is 0 Å². The van der Waals surface area contributed by atoms with E-state index in [0.717, 1.165) is 25.7 Å². The van der Waals surface area contributed by atoms with Crippen LogP contribution in [0, 0.1) is 11.8 Å². The van der Waals surface area contributed by atoms with Gasteiger partial charge in [-0.1, -0.05) is 6.42 Å². The van der Waals surface area contributed by atoms with E-state index in [0.29, 0.717) is 12.3 Å². The number of aliphatic carboxylic acids is 1. The maximum absolute atomic E-state index is 11.7. The molecule has 16 heavy (non-hydrogen) atoms. The van der Waals surface area contributed by atoms with Crippen molar-refractivity contribution in [3.8, 4) is 0 Å². The van der Waals surface area contributed by atoms with Crippen molar-refractivity contribution in [3.05, 3.63) is 0 Å². The van der Waals surface area contributed by atoms with Crippen molar-refractivity contribution >= 4 is 11.9 Å². The molecule has 2 fully saturated rings. The zero-order chi connectivity index (χ0) is 11.8. The zero-order valence-corrected chi connectivity index (χ0v) is 9.66. The Morgan fingerprint density at radius 1 is 1.31 bits per heavy atom. The molecule has 0 aromatic heterocycles. The van der Waals surface area contributed by atoms with Crippen LogP contribution in [0.5, 0.6) is 0 Å². The highest BCUT2D eigenvalue weighted by Gasteiger charge is 2.48. The van der Waals surface area contributed by atoms with Gasteiger partial charge in [0.2, 0.25) is 5.91 Å². The SMILES string of the molecule is CC(NC(=O)CC1CCC1)(C(=O)O)C1CC1. The summed E-state index contributed by atoms with van der Waals surface area (Å²) in [5.74, 6) is -0.397. The molecule has 1 amide bonds. The van der Waals surface area contributed by atoms with Gasteiger partial charge in [-0.15, -0.1) is 0 Å². The molecule has 90 valence electrons. The molecule has 1 atom stereocenters. The Kier molecular flexibility index (Phi) is 2.91. The Balaban J connectivity index is 1.89. The lowest BCUT2D eigenvalue weighted by atomic mass is 9.82. The lowest BCUT2D eigenvalue weighted by Gasteiger charge is -2.29. The maximum Gasteiger partial charge on any atom is 0.329 e. The maximum atomic E-state index is 11.7. The number of nitrogens with one attached hydrogen (secondary N) is 1. The number of hydrogen-bond donors (Lipinski definition) is 2. The van der Waals surface area contributed by atoms with Crippen molar-refractivity contribution in [2.75, 3.05) is 0 Å². The standard InChI is InChI=1S/C12H19NO3/c1-12(11(15)16,9-5-6-9)13-10(14)7-8-3-2-4-8/h8-9H,2-7H2,1H3,(H,13,14)(H,15,16). The van der Waals surface area contributed by atoms with Crippen molar-refractivity contribution in [3.63, 3.8) is 0 Å². The van der Waals surface area contributed by atoms with Crippen LogP contribution in [-0.2, 0) is 9.59 Å². The van der Waals surface area contributed by atoms with Gasteiger partial charge < -0.3 is 10.4 Å². The molecule has 4 nitrogen and oxygen atoms in total. The Labute approximate surface area is 95.4 Å². The Hall–Kier alpha value is -1.06. The van der Waals surface area contributed by atoms with E-state index in [2.05, 4.69) is 5.32 Å². The van der Waals surface area contributed by atoms with Crippen LogP contribution in [0.3, 0.4) is 0 Å². The summed E-state index contributed by atoms with van der Waals surface area (Å²) < 4.78 is 0. The second-order valence-electron chi connectivity index (χ2n) is 5.33. The number of carboxylic acids is 1. The summed E-state index contributed by atoms with van der Waals surface area (Å²) in [5, 5.41) is 11.9. The lowest BCUT2D eigenvalue weighted by Crippen LogP contribution is -2.54. The first-order chi connectivity index (χ1) is 7.52. The molecule has 2 rings (SSSR count). The number of carboxylic acid groups (broad SMARTS) is 1. The summed E-state index contributed by atoms with van der Waals surface area (Å²) >= 11 is 0. The van der Waals surface area contributed by atoms with E-state index in [1.807, 2.05) is 0 Å². The molecule has 0 aromatic rings. The third-order valence-corrected chi connectivity index (χ3v) is 3.94. The predicted molar refractivity (Wildman–Crippen MR) is 58.9 cm³/mol. The van der Waals surface area contributed by atoms with E-state index in [4.69, 9.17) is 0 Å². The average Bonchev–Trinajstić information content (AvgIpc) is 2.94. The van der Waals surface area contributed by atoms with E-state index >= 15 is 0 Å². The van der Waals surface area contributed by atoms with Crippen molar-refractivity contribution in [1.82, 2.24) is 5.32 Å². The first kappa shape index (κ1) is 11.4. The summed E-state index contributed by atoms with van der Waals surface area (Å²) in [7, 11) is 0. The summed E-state index contributed by atoms with van der Waals surface area (Å²) in [6.07, 6.45) is 5.74. The number of carbonyl (C=O) groups is 2. The van der Waals surface area contributed by atoms with E-state index in [1.54, 1.807) is 6.92 Å². The van der Waals surface area contributed by atoms with Crippen LogP contribution in [0.25, 0.3) is 0 Å². The Bertz CT molecular complexity index is 307. The molecular weight excluding hydrogens is 206 g/mol. The fraction of sp³-hybridized carbons (Fsp3) is 0.833. The topological polar surface area (TPSA) is 66.4 Å². The molecule has 0 heterocycles. The van der Waals surface area contributed by atoms with Gasteiger partial charge in [0.15, 0.2) is 0 Å². The first-order valence-corrected chi connectivity index (χ1v) is 6.07. The monoisotopic (exact) mass is 225 g/mol. The highest BCUT2D eigenvalue weighted by atomic mass is 16.4. The zero-order valence-electron chi connectivity index (χ0n) is 9.66. The molecule has 2 N–H and O–H groups in total. The van der Waals surface area contributed by atoms with Gasteiger partial charge in [-0.05, 0) is 44.4 Å². The third-order valence-electron chi connectivity index (χ3n) is 3.94. The molecule has 4 heteroatoms. The van der Waals surface area contributed by atoms with Crippen LogP contribution in [0.15, 0.2) is 0 Å². The molecular formula is C12H19NO3. The van der Waals surface area contributed by atoms with E-state index in [1.165, 1.54) is 6.42 Å². The normalized spacial score (nSPS) is 24.3. The minimum Gasteiger partial charge on any atom is -0.480 e. The third kappa shape index (κ3) is 2.20. The highest BCUT2D eigenvalue weighted by molar-refractivity contribution is 5.87. The minimum absolute atomic E-state index is 0.0958. The van der Waals surface area contributed by atoms with Crippen LogP contribution in [0.4, 0.5) is 0 Å². The molecule has 2 aliphatic rings. The fourth-order valence-corrected chi connectivity index (χ4v) is 2.29. The quantitative estimate of drug-likeness (QED) is 0.746. The fourth-order valence-electron chi connectivity index (χ4n) is 2.29. The van der Waals surface area contributed by atoms with Gasteiger partial charge >= 0.3 is 5.97 Å². The summed E-state index contributed by atoms with van der Waals surface area (Å²) in [5.41, 5.74) is -1.04. The predicted octanol–water partition coefficient (Wildman–Crippen LogP) is 1.55. The number of carbonyl (C=O) groups excluding carboxylic acids is 1. The smallest absolute Gasteiger partial charge is 0.329 e. The second kappa shape index (κ2) is 4.07. The minimum atomic E-state index is -1.04. The molecule has 0 spiro atoms. The van der Waals surface area contributed by atoms with Gasteiger partial charge in [0, 0.05) is 6.42 Å². The van der Waals surface area contributed by atoms with Crippen molar-refractivity contribution in [2.45, 2.75) is 51.0 Å². The van der Waals surface area contributed by atoms with Gasteiger partial charge in [-0.25, -0.2) is 4.79 Å². The molecule has 2 saturated carbocycles. The van der Waals surface area contributed by atoms with Crippen molar-refractivity contribution < 1.29 is 14.7 Å². The molecule has 0 radical (unpaired) electrons. The second-order valence-corrected chi connectivity index (χ2v) is 5.33. The van der Waals surface area contributed by atoms with Gasteiger partial charge in [0.05, 0.1) is 0 Å². The summed E-state index contributed by atoms with van der Waals surface area (Å²) in [4.78, 5) is 22.9. The molecule has 2 aliphatic carbocycles. The van der Waals surface area contributed by atoms with Gasteiger partial charge in [0.25, 0.3) is 0 Å². The van der Waals surface area contributed by atoms with Crippen LogP contribution < -0.4 is 5.32 Å². The lowest BCUT2D eigenvalue weighted by molar-refractivity contribution is -0.148. The summed E-state index contributed by atoms with van der Waals surface area (Å²) in [6, 6.07) is 0. The summed E-state index contributed by atoms with van der Waals surface area (Å²) in [6.45, 7) is 1.63. The van der Waals surface area contributed by atoms with Gasteiger partial charge in [0.1, 0.15) is 5.54 Å². The molecule has 1 unspecified atom stereocenters. The van der Waals surface area contributed by atoms with E-state index in [9.17, 15) is 14.7 Å². The molecule has 0 aliphatic heterocycles. The molecule has 0 bridgehead atoms. The molecule has 0 saturated heterocycles. The number of amides is 1. The van der Waals surface area contributed by atoms with E-state index in [-0.39, 0.29) is 11.8 Å². The Morgan fingerprint density at radius 3 is 2.31 bits per heavy atom. The highest BCUT2D eigenvalue weighted by Crippen LogP contribution is 2.40. The molecule has 0 aromatic carbocycles. The van der Waals surface area contributed by atoms with Crippen LogP contribution in [0.2, 0.25) is 0 Å². The van der Waals surface area contributed by atoms with Gasteiger partial charge in [-0.3, -0.25) is 4.79 Å².